The van der Waals surface area contributed by atoms with Gasteiger partial charge in [-0.25, -0.2) is 0 Å². The zero-order chi connectivity index (χ0) is 14.5. The van der Waals surface area contributed by atoms with Crippen molar-refractivity contribution in [3.8, 4) is 6.07 Å². The van der Waals surface area contributed by atoms with E-state index in [2.05, 4.69) is 24.8 Å². The maximum absolute atomic E-state index is 12.5. The van der Waals surface area contributed by atoms with Gasteiger partial charge in [-0.3, -0.25) is 9.69 Å². The summed E-state index contributed by atoms with van der Waals surface area (Å²) in [6.45, 7) is 7.52. The van der Waals surface area contributed by atoms with E-state index in [1.165, 1.54) is 0 Å². The average Bonchev–Trinajstić information content (AvgIpc) is 2.49. The maximum atomic E-state index is 12.5. The smallest absolute Gasteiger partial charge is 0.244 e. The fraction of sp³-hybridized carbons (Fsp3) is 0.500. The highest BCUT2D eigenvalue weighted by Gasteiger charge is 2.28. The summed E-state index contributed by atoms with van der Waals surface area (Å²) in [5, 5.41) is 9.31. The van der Waals surface area contributed by atoms with E-state index in [1.54, 1.807) is 0 Å². The number of rotatable bonds is 3. The van der Waals surface area contributed by atoms with Gasteiger partial charge in [-0.05, 0) is 19.4 Å². The molecule has 0 bridgehead atoms. The Morgan fingerprint density at radius 2 is 1.75 bits per heavy atom. The van der Waals surface area contributed by atoms with Gasteiger partial charge in [0.05, 0.1) is 6.07 Å². The van der Waals surface area contributed by atoms with Crippen LogP contribution < -0.4 is 0 Å². The van der Waals surface area contributed by atoms with Crippen LogP contribution in [-0.4, -0.2) is 47.9 Å². The van der Waals surface area contributed by atoms with Gasteiger partial charge in [0, 0.05) is 32.2 Å². The Morgan fingerprint density at radius 3 is 2.25 bits per heavy atom. The van der Waals surface area contributed by atoms with Gasteiger partial charge in [0.2, 0.25) is 5.91 Å². The molecule has 2 rings (SSSR count). The van der Waals surface area contributed by atoms with Crippen LogP contribution in [0.3, 0.4) is 0 Å². The average molecular weight is 271 g/mol. The predicted molar refractivity (Wildman–Crippen MR) is 78.1 cm³/mol. The number of nitriles is 1. The van der Waals surface area contributed by atoms with Crippen LogP contribution in [0, 0.1) is 11.3 Å². The van der Waals surface area contributed by atoms with Crippen molar-refractivity contribution in [3.05, 3.63) is 35.9 Å². The Bertz CT molecular complexity index is 484. The Kier molecular flexibility index (Phi) is 4.75. The van der Waals surface area contributed by atoms with Crippen molar-refractivity contribution < 1.29 is 4.79 Å². The van der Waals surface area contributed by atoms with Gasteiger partial charge in [0.1, 0.15) is 5.92 Å². The van der Waals surface area contributed by atoms with Crippen molar-refractivity contribution in [3.63, 3.8) is 0 Å². The number of hydrogen-bond acceptors (Lipinski definition) is 3. The van der Waals surface area contributed by atoms with Gasteiger partial charge in [-0.1, -0.05) is 30.3 Å². The van der Waals surface area contributed by atoms with E-state index in [1.807, 2.05) is 35.2 Å². The zero-order valence-electron chi connectivity index (χ0n) is 12.1. The molecule has 0 spiro atoms. The summed E-state index contributed by atoms with van der Waals surface area (Å²) in [7, 11) is 0. The summed E-state index contributed by atoms with van der Waals surface area (Å²) in [6.07, 6.45) is 0. The molecule has 1 amide bonds. The SMILES string of the molecule is CC(C)N1CCN(C(=O)C(C#N)c2ccccc2)CC1. The van der Waals surface area contributed by atoms with Gasteiger partial charge >= 0.3 is 0 Å². The molecule has 4 heteroatoms. The second-order valence-electron chi connectivity index (χ2n) is 5.43. The summed E-state index contributed by atoms with van der Waals surface area (Å²) in [5.74, 6) is -0.746. The lowest BCUT2D eigenvalue weighted by Crippen LogP contribution is -2.51. The van der Waals surface area contributed by atoms with Crippen molar-refractivity contribution in [2.24, 2.45) is 0 Å². The molecule has 0 radical (unpaired) electrons. The van der Waals surface area contributed by atoms with E-state index in [4.69, 9.17) is 0 Å². The fourth-order valence-corrected chi connectivity index (χ4v) is 2.56. The van der Waals surface area contributed by atoms with E-state index in [0.29, 0.717) is 19.1 Å². The molecular formula is C16H21N3O. The Morgan fingerprint density at radius 1 is 1.15 bits per heavy atom. The van der Waals surface area contributed by atoms with Crippen LogP contribution in [0.4, 0.5) is 0 Å². The first-order valence-electron chi connectivity index (χ1n) is 7.11. The zero-order valence-corrected chi connectivity index (χ0v) is 12.1. The highest BCUT2D eigenvalue weighted by Crippen LogP contribution is 2.19. The molecule has 106 valence electrons. The van der Waals surface area contributed by atoms with Gasteiger partial charge in [-0.15, -0.1) is 0 Å². The molecule has 1 unspecified atom stereocenters. The molecule has 1 aromatic carbocycles. The van der Waals surface area contributed by atoms with Crippen LogP contribution in [0.1, 0.15) is 25.3 Å². The molecule has 1 atom stereocenters. The van der Waals surface area contributed by atoms with Crippen LogP contribution in [0.15, 0.2) is 30.3 Å². The molecule has 0 aromatic heterocycles. The van der Waals surface area contributed by atoms with E-state index < -0.39 is 5.92 Å². The lowest BCUT2D eigenvalue weighted by Gasteiger charge is -2.37. The minimum Gasteiger partial charge on any atom is -0.339 e. The topological polar surface area (TPSA) is 47.3 Å². The number of piperazine rings is 1. The second kappa shape index (κ2) is 6.53. The largest absolute Gasteiger partial charge is 0.339 e. The molecule has 0 saturated carbocycles. The molecule has 1 aliphatic heterocycles. The molecule has 4 nitrogen and oxygen atoms in total. The first-order valence-corrected chi connectivity index (χ1v) is 7.11. The minimum absolute atomic E-state index is 0.0675. The third-order valence-electron chi connectivity index (χ3n) is 3.87. The summed E-state index contributed by atoms with van der Waals surface area (Å²) in [5.41, 5.74) is 0.784. The number of amides is 1. The molecule has 0 aliphatic carbocycles. The van der Waals surface area contributed by atoms with Crippen LogP contribution in [0.2, 0.25) is 0 Å². The second-order valence-corrected chi connectivity index (χ2v) is 5.43. The molecule has 1 fully saturated rings. The lowest BCUT2D eigenvalue weighted by molar-refractivity contribution is -0.133. The van der Waals surface area contributed by atoms with Gasteiger partial charge in [0.25, 0.3) is 0 Å². The van der Waals surface area contributed by atoms with Crippen molar-refractivity contribution in [2.45, 2.75) is 25.8 Å². The third-order valence-corrected chi connectivity index (χ3v) is 3.87. The summed E-state index contributed by atoms with van der Waals surface area (Å²) in [4.78, 5) is 16.7. The first kappa shape index (κ1) is 14.5. The monoisotopic (exact) mass is 271 g/mol. The molecule has 0 N–H and O–H groups in total. The molecule has 1 aromatic rings. The number of hydrogen-bond donors (Lipinski definition) is 0. The van der Waals surface area contributed by atoms with Gasteiger partial charge in [-0.2, -0.15) is 5.26 Å². The number of nitrogens with zero attached hydrogens (tertiary/aromatic N) is 3. The van der Waals surface area contributed by atoms with Gasteiger partial charge < -0.3 is 4.90 Å². The lowest BCUT2D eigenvalue weighted by atomic mass is 9.99. The van der Waals surface area contributed by atoms with Crippen LogP contribution in [0.25, 0.3) is 0 Å². The highest BCUT2D eigenvalue weighted by atomic mass is 16.2. The maximum Gasteiger partial charge on any atom is 0.244 e. The quantitative estimate of drug-likeness (QED) is 0.843. The van der Waals surface area contributed by atoms with Crippen LogP contribution >= 0.6 is 0 Å². The number of benzene rings is 1. The van der Waals surface area contributed by atoms with E-state index >= 15 is 0 Å². The Balaban J connectivity index is 2.03. The normalized spacial score (nSPS) is 17.8. The third kappa shape index (κ3) is 3.17. The molecule has 20 heavy (non-hydrogen) atoms. The van der Waals surface area contributed by atoms with E-state index in [-0.39, 0.29) is 5.91 Å². The standard InChI is InChI=1S/C16H21N3O/c1-13(2)18-8-10-19(11-9-18)16(20)15(12-17)14-6-4-3-5-7-14/h3-7,13,15H,8-11H2,1-2H3. The minimum atomic E-state index is -0.679. The summed E-state index contributed by atoms with van der Waals surface area (Å²) >= 11 is 0. The highest BCUT2D eigenvalue weighted by molar-refractivity contribution is 5.86. The van der Waals surface area contributed by atoms with Crippen molar-refractivity contribution >= 4 is 5.91 Å². The first-order chi connectivity index (χ1) is 9.63. The summed E-state index contributed by atoms with van der Waals surface area (Å²) in [6, 6.07) is 12.0. The molecule has 1 saturated heterocycles. The van der Waals surface area contributed by atoms with Crippen molar-refractivity contribution in [1.82, 2.24) is 9.80 Å². The van der Waals surface area contributed by atoms with E-state index in [0.717, 1.165) is 18.7 Å². The van der Waals surface area contributed by atoms with Crippen molar-refractivity contribution in [1.29, 1.82) is 5.26 Å². The summed E-state index contributed by atoms with van der Waals surface area (Å²) < 4.78 is 0. The van der Waals surface area contributed by atoms with Crippen LogP contribution in [-0.2, 0) is 4.79 Å². The number of carbonyl (C=O) groups excluding carboxylic acids is 1. The Labute approximate surface area is 120 Å². The molecule has 1 aliphatic rings. The van der Waals surface area contributed by atoms with E-state index in [9.17, 15) is 10.1 Å². The van der Waals surface area contributed by atoms with Crippen molar-refractivity contribution in [2.75, 3.05) is 26.2 Å². The predicted octanol–water partition coefficient (Wildman–Crippen LogP) is 1.85. The van der Waals surface area contributed by atoms with Crippen LogP contribution in [0.5, 0.6) is 0 Å². The number of carbonyl (C=O) groups is 1. The van der Waals surface area contributed by atoms with Gasteiger partial charge in [0.15, 0.2) is 0 Å². The molecular weight excluding hydrogens is 250 g/mol. The fourth-order valence-electron chi connectivity index (χ4n) is 2.56. The Hall–Kier alpha value is -1.86. The molecule has 1 heterocycles.